The number of ether oxygens (including phenoxy) is 2. The number of nitrogens with zero attached hydrogens (tertiary/aromatic N) is 8. The molecule has 0 bridgehead atoms. The van der Waals surface area contributed by atoms with Crippen molar-refractivity contribution in [2.75, 3.05) is 52.6 Å². The Balaban J connectivity index is 1.11. The van der Waals surface area contributed by atoms with E-state index in [1.807, 2.05) is 48.8 Å². The van der Waals surface area contributed by atoms with Crippen LogP contribution in [0.3, 0.4) is 0 Å². The third-order valence-corrected chi connectivity index (χ3v) is 12.0. The van der Waals surface area contributed by atoms with Crippen LogP contribution in [-0.4, -0.2) is 97.7 Å². The van der Waals surface area contributed by atoms with Crippen LogP contribution in [0.25, 0.3) is 66.3 Å². The third-order valence-electron chi connectivity index (χ3n) is 12.0. The van der Waals surface area contributed by atoms with Gasteiger partial charge in [-0.2, -0.15) is 10.2 Å². The van der Waals surface area contributed by atoms with Crippen LogP contribution >= 0.6 is 0 Å². The number of pyridine rings is 2. The second kappa shape index (κ2) is 16.7. The van der Waals surface area contributed by atoms with Gasteiger partial charge < -0.3 is 18.3 Å². The van der Waals surface area contributed by atoms with E-state index in [4.69, 9.17) is 38.5 Å². The van der Waals surface area contributed by atoms with Gasteiger partial charge in [0, 0.05) is 97.5 Å². The zero-order valence-corrected chi connectivity index (χ0v) is 34.3. The molecule has 6 aromatic heterocycles. The van der Waals surface area contributed by atoms with Gasteiger partial charge in [-0.3, -0.25) is 33.9 Å². The van der Waals surface area contributed by atoms with Gasteiger partial charge in [0.15, 0.2) is 5.78 Å². The Bertz CT molecular complexity index is 2600. The zero-order chi connectivity index (χ0) is 40.6. The lowest BCUT2D eigenvalue weighted by Gasteiger charge is -2.35. The van der Waals surface area contributed by atoms with Crippen molar-refractivity contribution in [3.63, 3.8) is 0 Å². The van der Waals surface area contributed by atoms with E-state index in [1.54, 1.807) is 12.5 Å². The smallest absolute Gasteiger partial charge is 0.179 e. The Kier molecular flexibility index (Phi) is 10.7. The maximum Gasteiger partial charge on any atom is 0.179 e. The van der Waals surface area contributed by atoms with E-state index >= 15 is 4.79 Å². The molecule has 2 saturated heterocycles. The van der Waals surface area contributed by atoms with Crippen molar-refractivity contribution in [2.45, 2.75) is 64.7 Å². The van der Waals surface area contributed by atoms with Crippen molar-refractivity contribution in [3.8, 4) is 22.5 Å². The highest BCUT2D eigenvalue weighted by molar-refractivity contribution is 6.04. The number of Topliss-reactive ketones (excluding diaryl/α,β-unsaturated/α-hetero) is 1. The van der Waals surface area contributed by atoms with Crippen LogP contribution < -0.4 is 0 Å². The van der Waals surface area contributed by atoms with Gasteiger partial charge in [-0.1, -0.05) is 50.2 Å². The van der Waals surface area contributed by atoms with E-state index in [2.05, 4.69) is 57.3 Å². The molecule has 2 unspecified atom stereocenters. The summed E-state index contributed by atoms with van der Waals surface area (Å²) in [4.78, 5) is 30.8. The molecule has 0 aliphatic carbocycles. The molecule has 8 aromatic rings. The standard InChI is InChI=1S/C47H50N8O5/c1-3-15-54-39-25-37(48-27-33(39)43(50-54)35-29-59-41-13-7-5-11-31(35)41)45(52-17-9-21-57-23-19-52)47(56)46(53-18-10-22-58-24-20-53)38-26-40-34(28-49-38)44(51-55(40)16-4-2)36-30-60-42-14-8-6-12-32(36)42/h5-8,11-14,25-30,45-46H,3-4,9-10,15-24H2,1-2H3. The summed E-state index contributed by atoms with van der Waals surface area (Å²) >= 11 is 0. The first-order chi connectivity index (χ1) is 29.6. The number of ketones is 1. The fourth-order valence-electron chi connectivity index (χ4n) is 9.18. The molecule has 2 atom stereocenters. The fraction of sp³-hybridized carbons (Fsp3) is 0.383. The van der Waals surface area contributed by atoms with Gasteiger partial charge in [0.1, 0.15) is 47.2 Å². The molecule has 60 heavy (non-hydrogen) atoms. The lowest BCUT2D eigenvalue weighted by molar-refractivity contribution is -0.130. The van der Waals surface area contributed by atoms with E-state index in [1.165, 1.54) is 0 Å². The Hall–Kier alpha value is -5.73. The van der Waals surface area contributed by atoms with Crippen molar-refractivity contribution < 1.29 is 23.1 Å². The summed E-state index contributed by atoms with van der Waals surface area (Å²) in [5, 5.41) is 14.1. The maximum atomic E-state index is 15.9. The third kappa shape index (κ3) is 6.98. The summed E-state index contributed by atoms with van der Waals surface area (Å²) in [6.07, 6.45) is 10.8. The number of rotatable bonds is 12. The molecular weight excluding hydrogens is 757 g/mol. The minimum Gasteiger partial charge on any atom is -0.464 e. The largest absolute Gasteiger partial charge is 0.464 e. The topological polar surface area (TPSA) is 130 Å². The first-order valence-electron chi connectivity index (χ1n) is 21.4. The number of fused-ring (bicyclic) bond motifs is 4. The van der Waals surface area contributed by atoms with Crippen molar-refractivity contribution in [1.82, 2.24) is 39.3 Å². The van der Waals surface area contributed by atoms with Crippen LogP contribution in [-0.2, 0) is 27.4 Å². The molecule has 0 saturated carbocycles. The highest BCUT2D eigenvalue weighted by atomic mass is 16.5. The summed E-state index contributed by atoms with van der Waals surface area (Å²) in [5.74, 6) is 0.0303. The van der Waals surface area contributed by atoms with Gasteiger partial charge >= 0.3 is 0 Å². The first-order valence-corrected chi connectivity index (χ1v) is 21.4. The van der Waals surface area contributed by atoms with Crippen LogP contribution in [0.1, 0.15) is 63.0 Å². The van der Waals surface area contributed by atoms with Crippen LogP contribution in [0, 0.1) is 0 Å². The van der Waals surface area contributed by atoms with Gasteiger partial charge in [0.2, 0.25) is 0 Å². The molecule has 13 nitrogen and oxygen atoms in total. The average molecular weight is 807 g/mol. The molecule has 2 aliphatic heterocycles. The lowest BCUT2D eigenvalue weighted by Crippen LogP contribution is -2.44. The van der Waals surface area contributed by atoms with Crippen molar-refractivity contribution in [1.29, 1.82) is 0 Å². The molecule has 0 amide bonds. The zero-order valence-electron chi connectivity index (χ0n) is 34.3. The molecule has 0 radical (unpaired) electrons. The Morgan fingerprint density at radius 1 is 0.617 bits per heavy atom. The molecule has 2 aromatic carbocycles. The molecule has 2 fully saturated rings. The summed E-state index contributed by atoms with van der Waals surface area (Å²) in [7, 11) is 0. The predicted molar refractivity (Wildman–Crippen MR) is 231 cm³/mol. The van der Waals surface area contributed by atoms with Crippen LogP contribution in [0.15, 0.2) is 94.4 Å². The van der Waals surface area contributed by atoms with E-state index in [-0.39, 0.29) is 5.78 Å². The number of hydrogen-bond acceptors (Lipinski definition) is 11. The van der Waals surface area contributed by atoms with Crippen LogP contribution in [0.5, 0.6) is 0 Å². The van der Waals surface area contributed by atoms with E-state index < -0.39 is 12.1 Å². The monoisotopic (exact) mass is 806 g/mol. The number of aromatic nitrogens is 6. The normalized spacial score (nSPS) is 17.1. The van der Waals surface area contributed by atoms with Gasteiger partial charge in [-0.05, 0) is 49.9 Å². The fourth-order valence-corrected chi connectivity index (χ4v) is 9.18. The minimum atomic E-state index is -0.667. The molecule has 8 heterocycles. The van der Waals surface area contributed by atoms with Gasteiger partial charge in [0.05, 0.1) is 35.6 Å². The van der Waals surface area contributed by atoms with E-state index in [9.17, 15) is 0 Å². The number of aryl methyl sites for hydroxylation is 2. The predicted octanol–water partition coefficient (Wildman–Crippen LogP) is 8.62. The Morgan fingerprint density at radius 3 is 1.55 bits per heavy atom. The highest BCUT2D eigenvalue weighted by Crippen LogP contribution is 2.39. The second-order valence-electron chi connectivity index (χ2n) is 15.9. The summed E-state index contributed by atoms with van der Waals surface area (Å²) in [6, 6.07) is 18.9. The number of benzene rings is 2. The maximum absolute atomic E-state index is 15.9. The molecule has 2 aliphatic rings. The van der Waals surface area contributed by atoms with Gasteiger partial charge in [-0.15, -0.1) is 0 Å². The minimum absolute atomic E-state index is 0.0303. The molecule has 0 N–H and O–H groups in total. The van der Waals surface area contributed by atoms with E-state index in [0.717, 1.165) is 91.9 Å². The second-order valence-corrected chi connectivity index (χ2v) is 15.9. The first kappa shape index (κ1) is 38.5. The molecule has 10 rings (SSSR count). The summed E-state index contributed by atoms with van der Waals surface area (Å²) in [5.41, 5.74) is 8.37. The highest BCUT2D eigenvalue weighted by Gasteiger charge is 2.40. The van der Waals surface area contributed by atoms with Crippen molar-refractivity contribution >= 4 is 49.5 Å². The molecule has 0 spiro atoms. The number of carbonyl (C=O) groups excluding carboxylic acids is 1. The van der Waals surface area contributed by atoms with Gasteiger partial charge in [-0.25, -0.2) is 0 Å². The SMILES string of the molecule is CCCn1nc(-c2coc3ccccc23)c2cnc(C(C(=O)C(c3cc4c(cn3)c(-c3coc5ccccc35)nn4CCC)N3CCCOCC3)N3CCCOCC3)cc21. The van der Waals surface area contributed by atoms with Crippen LogP contribution in [0.4, 0.5) is 0 Å². The molecule has 308 valence electrons. The van der Waals surface area contributed by atoms with Gasteiger partial charge in [0.25, 0.3) is 0 Å². The Morgan fingerprint density at radius 2 is 1.08 bits per heavy atom. The number of para-hydroxylation sites is 2. The summed E-state index contributed by atoms with van der Waals surface area (Å²) in [6.45, 7) is 10.7. The van der Waals surface area contributed by atoms with Crippen LogP contribution in [0.2, 0.25) is 0 Å². The Labute approximate surface area is 347 Å². The summed E-state index contributed by atoms with van der Waals surface area (Å²) < 4.78 is 28.0. The van der Waals surface area contributed by atoms with Crippen molar-refractivity contribution in [3.05, 3.63) is 97.0 Å². The average Bonchev–Trinajstić information content (AvgIpc) is 3.95. The van der Waals surface area contributed by atoms with E-state index in [0.29, 0.717) is 77.1 Å². The quantitative estimate of drug-likeness (QED) is 0.118. The number of carbonyl (C=O) groups is 1. The number of furan rings is 2. The number of hydrogen-bond donors (Lipinski definition) is 0. The molecular formula is C47H50N8O5. The molecule has 13 heteroatoms. The van der Waals surface area contributed by atoms with Crippen molar-refractivity contribution in [2.24, 2.45) is 0 Å². The lowest BCUT2D eigenvalue weighted by atomic mass is 9.94.